The monoisotopic (exact) mass is 301 g/mol. The van der Waals surface area contributed by atoms with Crippen molar-refractivity contribution in [2.24, 2.45) is 0 Å². The van der Waals surface area contributed by atoms with Gasteiger partial charge in [-0.1, -0.05) is 17.7 Å². The van der Waals surface area contributed by atoms with Gasteiger partial charge in [-0.3, -0.25) is 0 Å². The molecule has 0 bridgehead atoms. The molecule has 0 aliphatic carbocycles. The van der Waals surface area contributed by atoms with Crippen molar-refractivity contribution in [2.75, 3.05) is 5.32 Å². The SMILES string of the molecule is Cc1ccc(Nc2nc3ccc(C(=O)O)cc3[nH]2)cc1Cl. The van der Waals surface area contributed by atoms with Gasteiger partial charge in [0.15, 0.2) is 0 Å². The number of aryl methyl sites for hydroxylation is 1. The third-order valence-electron chi connectivity index (χ3n) is 3.16. The number of H-pyrrole nitrogens is 1. The molecule has 0 amide bonds. The van der Waals surface area contributed by atoms with Crippen molar-refractivity contribution in [3.05, 3.63) is 52.5 Å². The molecule has 21 heavy (non-hydrogen) atoms. The maximum atomic E-state index is 10.9. The van der Waals surface area contributed by atoms with E-state index in [1.807, 2.05) is 25.1 Å². The largest absolute Gasteiger partial charge is 0.478 e. The first-order valence-corrected chi connectivity index (χ1v) is 6.67. The Hall–Kier alpha value is -2.53. The maximum absolute atomic E-state index is 10.9. The zero-order valence-electron chi connectivity index (χ0n) is 11.1. The van der Waals surface area contributed by atoms with Gasteiger partial charge in [-0.2, -0.15) is 0 Å². The summed E-state index contributed by atoms with van der Waals surface area (Å²) in [6.45, 7) is 1.93. The molecule has 0 spiro atoms. The summed E-state index contributed by atoms with van der Waals surface area (Å²) in [6.07, 6.45) is 0. The van der Waals surface area contributed by atoms with E-state index in [2.05, 4.69) is 15.3 Å². The minimum absolute atomic E-state index is 0.219. The molecule has 3 rings (SSSR count). The number of hydrogen-bond acceptors (Lipinski definition) is 3. The number of aromatic carboxylic acids is 1. The predicted octanol–water partition coefficient (Wildman–Crippen LogP) is 3.97. The fourth-order valence-electron chi connectivity index (χ4n) is 2.01. The highest BCUT2D eigenvalue weighted by atomic mass is 35.5. The number of hydrogen-bond donors (Lipinski definition) is 3. The molecule has 2 aromatic carbocycles. The molecule has 0 fully saturated rings. The van der Waals surface area contributed by atoms with Crippen LogP contribution in [0.15, 0.2) is 36.4 Å². The van der Waals surface area contributed by atoms with Crippen LogP contribution in [0.3, 0.4) is 0 Å². The number of benzene rings is 2. The van der Waals surface area contributed by atoms with E-state index in [0.717, 1.165) is 11.3 Å². The quantitative estimate of drug-likeness (QED) is 0.684. The second-order valence-electron chi connectivity index (χ2n) is 4.71. The normalized spacial score (nSPS) is 10.8. The third kappa shape index (κ3) is 2.68. The van der Waals surface area contributed by atoms with Crippen LogP contribution in [0.2, 0.25) is 5.02 Å². The molecular formula is C15H12ClN3O2. The molecule has 6 heteroatoms. The summed E-state index contributed by atoms with van der Waals surface area (Å²) in [6, 6.07) is 10.4. The number of rotatable bonds is 3. The average molecular weight is 302 g/mol. The molecule has 1 heterocycles. The number of anilines is 2. The van der Waals surface area contributed by atoms with Crippen LogP contribution < -0.4 is 5.32 Å². The first-order chi connectivity index (χ1) is 10.0. The maximum Gasteiger partial charge on any atom is 0.335 e. The van der Waals surface area contributed by atoms with Gasteiger partial charge < -0.3 is 15.4 Å². The van der Waals surface area contributed by atoms with Gasteiger partial charge in [0.25, 0.3) is 0 Å². The van der Waals surface area contributed by atoms with Gasteiger partial charge in [0.05, 0.1) is 16.6 Å². The molecule has 0 aliphatic rings. The van der Waals surface area contributed by atoms with Gasteiger partial charge in [-0.25, -0.2) is 9.78 Å². The second kappa shape index (κ2) is 5.10. The topological polar surface area (TPSA) is 78.0 Å². The minimum Gasteiger partial charge on any atom is -0.478 e. The summed E-state index contributed by atoms with van der Waals surface area (Å²) in [5, 5.41) is 12.8. The summed E-state index contributed by atoms with van der Waals surface area (Å²) in [5.74, 6) is -0.432. The first-order valence-electron chi connectivity index (χ1n) is 6.29. The minimum atomic E-state index is -0.966. The molecular weight excluding hydrogens is 290 g/mol. The van der Waals surface area contributed by atoms with Crippen LogP contribution in [0.1, 0.15) is 15.9 Å². The van der Waals surface area contributed by atoms with Crippen LogP contribution in [0.4, 0.5) is 11.6 Å². The fourth-order valence-corrected chi connectivity index (χ4v) is 2.19. The highest BCUT2D eigenvalue weighted by Crippen LogP contribution is 2.23. The molecule has 1 aromatic heterocycles. The molecule has 0 aliphatic heterocycles. The molecule has 3 N–H and O–H groups in total. The number of halogens is 1. The Balaban J connectivity index is 1.93. The average Bonchev–Trinajstić information content (AvgIpc) is 2.84. The first kappa shape index (κ1) is 13.5. The lowest BCUT2D eigenvalue weighted by atomic mass is 10.2. The van der Waals surface area contributed by atoms with Gasteiger partial charge in [0.2, 0.25) is 5.95 Å². The Bertz CT molecular complexity index is 842. The molecule has 3 aromatic rings. The van der Waals surface area contributed by atoms with Crippen molar-refractivity contribution in [1.82, 2.24) is 9.97 Å². The predicted molar refractivity (Wildman–Crippen MR) is 82.5 cm³/mol. The van der Waals surface area contributed by atoms with Crippen molar-refractivity contribution in [2.45, 2.75) is 6.92 Å². The number of nitrogens with one attached hydrogen (secondary N) is 2. The Morgan fingerprint density at radius 2 is 2.10 bits per heavy atom. The molecule has 0 radical (unpaired) electrons. The standard InChI is InChI=1S/C15H12ClN3O2/c1-8-2-4-10(7-11(8)16)17-15-18-12-5-3-9(14(20)21)6-13(12)19-15/h2-7H,1H3,(H,20,21)(H2,17,18,19). The van der Waals surface area contributed by atoms with E-state index in [1.165, 1.54) is 6.07 Å². The van der Waals surface area contributed by atoms with Crippen LogP contribution >= 0.6 is 11.6 Å². The second-order valence-corrected chi connectivity index (χ2v) is 5.12. The van der Waals surface area contributed by atoms with Crippen LogP contribution in [-0.2, 0) is 0 Å². The number of imidazole rings is 1. The lowest BCUT2D eigenvalue weighted by molar-refractivity contribution is 0.0697. The Labute approximate surface area is 125 Å². The van der Waals surface area contributed by atoms with Crippen LogP contribution in [-0.4, -0.2) is 21.0 Å². The van der Waals surface area contributed by atoms with Crippen molar-refractivity contribution in [3.8, 4) is 0 Å². The summed E-state index contributed by atoms with van der Waals surface area (Å²) < 4.78 is 0. The van der Waals surface area contributed by atoms with Gasteiger partial charge in [0.1, 0.15) is 0 Å². The van der Waals surface area contributed by atoms with Gasteiger partial charge in [0, 0.05) is 10.7 Å². The Kier molecular flexibility index (Phi) is 3.27. The number of carbonyl (C=O) groups is 1. The van der Waals surface area contributed by atoms with E-state index in [1.54, 1.807) is 12.1 Å². The van der Waals surface area contributed by atoms with Crippen LogP contribution in [0, 0.1) is 6.92 Å². The van der Waals surface area contributed by atoms with E-state index in [-0.39, 0.29) is 5.56 Å². The van der Waals surface area contributed by atoms with Crippen LogP contribution in [0.5, 0.6) is 0 Å². The molecule has 0 atom stereocenters. The van der Waals surface area contributed by atoms with E-state index in [4.69, 9.17) is 16.7 Å². The van der Waals surface area contributed by atoms with Gasteiger partial charge in [-0.15, -0.1) is 0 Å². The number of aromatic amines is 1. The smallest absolute Gasteiger partial charge is 0.335 e. The van der Waals surface area contributed by atoms with Crippen molar-refractivity contribution in [1.29, 1.82) is 0 Å². The number of carboxylic acid groups (broad SMARTS) is 1. The molecule has 106 valence electrons. The highest BCUT2D eigenvalue weighted by molar-refractivity contribution is 6.31. The lowest BCUT2D eigenvalue weighted by Gasteiger charge is -2.04. The molecule has 5 nitrogen and oxygen atoms in total. The highest BCUT2D eigenvalue weighted by Gasteiger charge is 2.08. The summed E-state index contributed by atoms with van der Waals surface area (Å²) >= 11 is 6.08. The number of aromatic nitrogens is 2. The van der Waals surface area contributed by atoms with Crippen LogP contribution in [0.25, 0.3) is 11.0 Å². The van der Waals surface area contributed by atoms with E-state index in [9.17, 15) is 4.79 Å². The zero-order chi connectivity index (χ0) is 15.0. The van der Waals surface area contributed by atoms with E-state index < -0.39 is 5.97 Å². The number of carboxylic acids is 1. The third-order valence-corrected chi connectivity index (χ3v) is 3.57. The number of nitrogens with zero attached hydrogens (tertiary/aromatic N) is 1. The molecule has 0 saturated heterocycles. The lowest BCUT2D eigenvalue weighted by Crippen LogP contribution is -1.94. The molecule has 0 unspecified atom stereocenters. The summed E-state index contributed by atoms with van der Waals surface area (Å²) in [7, 11) is 0. The van der Waals surface area contributed by atoms with Gasteiger partial charge >= 0.3 is 5.97 Å². The number of fused-ring (bicyclic) bond motifs is 1. The van der Waals surface area contributed by atoms with Gasteiger partial charge in [-0.05, 0) is 42.8 Å². The van der Waals surface area contributed by atoms with Crippen molar-refractivity contribution >= 4 is 40.2 Å². The zero-order valence-corrected chi connectivity index (χ0v) is 11.9. The van der Waals surface area contributed by atoms with Crippen molar-refractivity contribution in [3.63, 3.8) is 0 Å². The Morgan fingerprint density at radius 1 is 1.29 bits per heavy atom. The van der Waals surface area contributed by atoms with E-state index >= 15 is 0 Å². The molecule has 0 saturated carbocycles. The fraction of sp³-hybridized carbons (Fsp3) is 0.0667. The Morgan fingerprint density at radius 3 is 2.81 bits per heavy atom. The van der Waals surface area contributed by atoms with Crippen molar-refractivity contribution < 1.29 is 9.90 Å². The summed E-state index contributed by atoms with van der Waals surface area (Å²) in [5.41, 5.74) is 3.38. The summed E-state index contributed by atoms with van der Waals surface area (Å²) in [4.78, 5) is 18.3. The van der Waals surface area contributed by atoms with E-state index in [0.29, 0.717) is 22.0 Å².